The number of fused-ring (bicyclic) bond motifs is 1. The Morgan fingerprint density at radius 2 is 2.10 bits per heavy atom. The number of nitrogens with one attached hydrogen (secondary N) is 1. The fourth-order valence-corrected chi connectivity index (χ4v) is 2.06. The van der Waals surface area contributed by atoms with Gasteiger partial charge in [-0.15, -0.1) is 0 Å². The zero-order valence-electron chi connectivity index (χ0n) is 11.0. The third kappa shape index (κ3) is 2.31. The van der Waals surface area contributed by atoms with Crippen molar-refractivity contribution in [2.75, 3.05) is 5.32 Å². The number of aromatic nitrogens is 3. The number of aryl methyl sites for hydroxylation is 1. The van der Waals surface area contributed by atoms with E-state index < -0.39 is 0 Å². The number of anilines is 1. The first-order chi connectivity index (χ1) is 9.76. The summed E-state index contributed by atoms with van der Waals surface area (Å²) in [6, 6.07) is 11.6. The lowest BCUT2D eigenvalue weighted by atomic mass is 10.1. The molecule has 0 fully saturated rings. The fraction of sp³-hybridized carbons (Fsp3) is 0.133. The molecule has 98 valence electrons. The number of nitrogens with zero attached hydrogens (tertiary/aromatic N) is 4. The largest absolute Gasteiger partial charge is 0.364 e. The van der Waals surface area contributed by atoms with E-state index in [1.807, 2.05) is 48.0 Å². The van der Waals surface area contributed by atoms with E-state index in [4.69, 9.17) is 5.26 Å². The summed E-state index contributed by atoms with van der Waals surface area (Å²) in [4.78, 5) is 4.34. The van der Waals surface area contributed by atoms with Crippen molar-refractivity contribution >= 4 is 11.3 Å². The standard InChI is InChI=1S/C15H13N5/c1-11-8-14-15(17-6-7-20(14)19-11)18-10-13-4-2-12(9-16)3-5-13/h2-8H,10H2,1H3,(H,17,18). The third-order valence-electron chi connectivity index (χ3n) is 3.06. The summed E-state index contributed by atoms with van der Waals surface area (Å²) >= 11 is 0. The summed E-state index contributed by atoms with van der Waals surface area (Å²) in [6.07, 6.45) is 3.55. The van der Waals surface area contributed by atoms with Crippen molar-refractivity contribution in [2.45, 2.75) is 13.5 Å². The summed E-state index contributed by atoms with van der Waals surface area (Å²) in [5, 5.41) is 16.4. The second kappa shape index (κ2) is 5.02. The van der Waals surface area contributed by atoms with Crippen LogP contribution in [0, 0.1) is 18.3 Å². The highest BCUT2D eigenvalue weighted by molar-refractivity contribution is 5.67. The first kappa shape index (κ1) is 12.2. The molecule has 0 amide bonds. The van der Waals surface area contributed by atoms with Crippen LogP contribution < -0.4 is 5.32 Å². The number of rotatable bonds is 3. The minimum absolute atomic E-state index is 0.655. The van der Waals surface area contributed by atoms with Gasteiger partial charge in [-0.2, -0.15) is 10.4 Å². The van der Waals surface area contributed by atoms with Crippen LogP contribution in [-0.2, 0) is 6.54 Å². The number of nitriles is 1. The highest BCUT2D eigenvalue weighted by atomic mass is 15.2. The van der Waals surface area contributed by atoms with Crippen molar-refractivity contribution < 1.29 is 0 Å². The molecule has 0 aliphatic carbocycles. The quantitative estimate of drug-likeness (QED) is 0.788. The predicted octanol–water partition coefficient (Wildman–Crippen LogP) is 2.52. The average molecular weight is 263 g/mol. The van der Waals surface area contributed by atoms with E-state index in [2.05, 4.69) is 21.5 Å². The van der Waals surface area contributed by atoms with Gasteiger partial charge >= 0.3 is 0 Å². The van der Waals surface area contributed by atoms with Gasteiger partial charge in [0.1, 0.15) is 5.52 Å². The zero-order chi connectivity index (χ0) is 13.9. The second-order valence-corrected chi connectivity index (χ2v) is 4.55. The lowest BCUT2D eigenvalue weighted by Crippen LogP contribution is -2.03. The Labute approximate surface area is 116 Å². The lowest BCUT2D eigenvalue weighted by molar-refractivity contribution is 0.920. The van der Waals surface area contributed by atoms with Gasteiger partial charge in [0, 0.05) is 18.9 Å². The normalized spacial score (nSPS) is 10.4. The summed E-state index contributed by atoms with van der Waals surface area (Å²) in [6.45, 7) is 2.61. The van der Waals surface area contributed by atoms with Crippen molar-refractivity contribution in [3.05, 3.63) is 59.5 Å². The maximum absolute atomic E-state index is 8.77. The topological polar surface area (TPSA) is 66.0 Å². The van der Waals surface area contributed by atoms with Crippen LogP contribution in [0.1, 0.15) is 16.8 Å². The molecule has 0 aliphatic rings. The third-order valence-corrected chi connectivity index (χ3v) is 3.06. The molecule has 20 heavy (non-hydrogen) atoms. The van der Waals surface area contributed by atoms with Crippen molar-refractivity contribution in [1.82, 2.24) is 14.6 Å². The molecule has 0 unspecified atom stereocenters. The molecule has 3 rings (SSSR count). The minimum atomic E-state index is 0.655. The van der Waals surface area contributed by atoms with Crippen LogP contribution in [0.15, 0.2) is 42.7 Å². The van der Waals surface area contributed by atoms with E-state index in [9.17, 15) is 0 Å². The van der Waals surface area contributed by atoms with Gasteiger partial charge in [-0.3, -0.25) is 0 Å². The summed E-state index contributed by atoms with van der Waals surface area (Å²) < 4.78 is 1.81. The maximum atomic E-state index is 8.77. The van der Waals surface area contributed by atoms with E-state index in [1.54, 1.807) is 6.20 Å². The van der Waals surface area contributed by atoms with Crippen LogP contribution in [-0.4, -0.2) is 14.6 Å². The van der Waals surface area contributed by atoms with E-state index in [-0.39, 0.29) is 0 Å². The monoisotopic (exact) mass is 263 g/mol. The lowest BCUT2D eigenvalue weighted by Gasteiger charge is -2.07. The molecule has 5 heteroatoms. The van der Waals surface area contributed by atoms with Crippen molar-refractivity contribution in [1.29, 1.82) is 5.26 Å². The Morgan fingerprint density at radius 1 is 1.30 bits per heavy atom. The minimum Gasteiger partial charge on any atom is -0.364 e. The van der Waals surface area contributed by atoms with E-state index in [0.717, 1.165) is 22.6 Å². The van der Waals surface area contributed by atoms with Crippen LogP contribution in [0.5, 0.6) is 0 Å². The molecular formula is C15H13N5. The molecule has 0 radical (unpaired) electrons. The molecule has 1 N–H and O–H groups in total. The number of hydrogen-bond donors (Lipinski definition) is 1. The maximum Gasteiger partial charge on any atom is 0.152 e. The van der Waals surface area contributed by atoms with E-state index >= 15 is 0 Å². The second-order valence-electron chi connectivity index (χ2n) is 4.55. The molecule has 0 aliphatic heterocycles. The Balaban J connectivity index is 1.81. The van der Waals surface area contributed by atoms with Crippen molar-refractivity contribution in [2.24, 2.45) is 0 Å². The summed E-state index contributed by atoms with van der Waals surface area (Å²) in [5.74, 6) is 0.803. The molecule has 3 aromatic rings. The van der Waals surface area contributed by atoms with E-state index in [0.29, 0.717) is 12.1 Å². The van der Waals surface area contributed by atoms with Gasteiger partial charge in [0.15, 0.2) is 5.82 Å². The Morgan fingerprint density at radius 3 is 2.85 bits per heavy atom. The Kier molecular flexibility index (Phi) is 3.05. The van der Waals surface area contributed by atoms with E-state index in [1.165, 1.54) is 0 Å². The van der Waals surface area contributed by atoms with Crippen LogP contribution in [0.3, 0.4) is 0 Å². The number of benzene rings is 1. The van der Waals surface area contributed by atoms with Gasteiger partial charge in [0.25, 0.3) is 0 Å². The molecule has 0 saturated heterocycles. The molecule has 0 saturated carbocycles. The smallest absolute Gasteiger partial charge is 0.152 e. The van der Waals surface area contributed by atoms with Gasteiger partial charge in [0.2, 0.25) is 0 Å². The predicted molar refractivity (Wildman–Crippen MR) is 76.2 cm³/mol. The Bertz CT molecular complexity index is 780. The molecule has 1 aromatic carbocycles. The van der Waals surface area contributed by atoms with Gasteiger partial charge in [0.05, 0.1) is 17.3 Å². The van der Waals surface area contributed by atoms with Gasteiger partial charge in [-0.1, -0.05) is 12.1 Å². The summed E-state index contributed by atoms with van der Waals surface area (Å²) in [5.41, 5.74) is 3.68. The molecule has 2 heterocycles. The first-order valence-corrected chi connectivity index (χ1v) is 6.30. The van der Waals surface area contributed by atoms with Crippen LogP contribution in [0.2, 0.25) is 0 Å². The molecule has 0 atom stereocenters. The first-order valence-electron chi connectivity index (χ1n) is 6.30. The van der Waals surface area contributed by atoms with Crippen molar-refractivity contribution in [3.63, 3.8) is 0 Å². The van der Waals surface area contributed by atoms with Crippen molar-refractivity contribution in [3.8, 4) is 6.07 Å². The zero-order valence-corrected chi connectivity index (χ0v) is 11.0. The average Bonchev–Trinajstić information content (AvgIpc) is 2.86. The van der Waals surface area contributed by atoms with Crippen LogP contribution in [0.25, 0.3) is 5.52 Å². The molecule has 2 aromatic heterocycles. The Hall–Kier alpha value is -2.87. The number of hydrogen-bond acceptors (Lipinski definition) is 4. The molecule has 0 bridgehead atoms. The SMILES string of the molecule is Cc1cc2c(NCc3ccc(C#N)cc3)nccn2n1. The molecular weight excluding hydrogens is 250 g/mol. The molecule has 0 spiro atoms. The van der Waals surface area contributed by atoms with Crippen LogP contribution in [0.4, 0.5) is 5.82 Å². The highest BCUT2D eigenvalue weighted by Crippen LogP contribution is 2.15. The molecule has 5 nitrogen and oxygen atoms in total. The fourth-order valence-electron chi connectivity index (χ4n) is 2.06. The van der Waals surface area contributed by atoms with Gasteiger partial charge < -0.3 is 5.32 Å². The summed E-state index contributed by atoms with van der Waals surface area (Å²) in [7, 11) is 0. The van der Waals surface area contributed by atoms with Gasteiger partial charge in [-0.05, 0) is 30.7 Å². The highest BCUT2D eigenvalue weighted by Gasteiger charge is 2.04. The van der Waals surface area contributed by atoms with Crippen LogP contribution >= 0.6 is 0 Å². The van der Waals surface area contributed by atoms with Gasteiger partial charge in [-0.25, -0.2) is 9.50 Å².